The Morgan fingerprint density at radius 3 is 2.50 bits per heavy atom. The van der Waals surface area contributed by atoms with Crippen molar-refractivity contribution in [1.29, 1.82) is 0 Å². The number of carbonyl (C=O) groups excluding carboxylic acids is 1. The fourth-order valence-corrected chi connectivity index (χ4v) is 4.20. The summed E-state index contributed by atoms with van der Waals surface area (Å²) in [7, 11) is 3.90. The van der Waals surface area contributed by atoms with Gasteiger partial charge in [0.1, 0.15) is 5.58 Å². The summed E-state index contributed by atoms with van der Waals surface area (Å²) in [6, 6.07) is 16.5. The molecule has 0 bridgehead atoms. The molecule has 28 heavy (non-hydrogen) atoms. The van der Waals surface area contributed by atoms with Gasteiger partial charge in [0, 0.05) is 25.2 Å². The van der Waals surface area contributed by atoms with Gasteiger partial charge in [-0.05, 0) is 42.5 Å². The van der Waals surface area contributed by atoms with E-state index in [1.54, 1.807) is 24.3 Å². The average molecular weight is 409 g/mol. The van der Waals surface area contributed by atoms with Crippen molar-refractivity contribution >= 4 is 62.6 Å². The summed E-state index contributed by atoms with van der Waals surface area (Å²) in [6.07, 6.45) is 1.55. The zero-order valence-corrected chi connectivity index (χ0v) is 16.8. The molecule has 0 aliphatic carbocycles. The Labute approximate surface area is 171 Å². The molecule has 0 saturated carbocycles. The van der Waals surface area contributed by atoms with Crippen molar-refractivity contribution in [3.8, 4) is 0 Å². The average Bonchev–Trinajstić information content (AvgIpc) is 2.95. The van der Waals surface area contributed by atoms with Gasteiger partial charge in [0.2, 0.25) is 0 Å². The lowest BCUT2D eigenvalue weighted by molar-refractivity contribution is -0.113. The van der Waals surface area contributed by atoms with Gasteiger partial charge in [0.25, 0.3) is 5.91 Å². The third kappa shape index (κ3) is 3.34. The second kappa shape index (κ2) is 7.26. The van der Waals surface area contributed by atoms with Gasteiger partial charge in [-0.25, -0.2) is 4.79 Å². The van der Waals surface area contributed by atoms with Crippen molar-refractivity contribution in [3.63, 3.8) is 0 Å². The van der Waals surface area contributed by atoms with Crippen molar-refractivity contribution < 1.29 is 9.21 Å². The van der Waals surface area contributed by atoms with Gasteiger partial charge >= 0.3 is 5.63 Å². The first-order valence-corrected chi connectivity index (χ1v) is 9.75. The third-order valence-corrected chi connectivity index (χ3v) is 5.68. The second-order valence-electron chi connectivity index (χ2n) is 6.45. The number of hydrogen-bond acceptors (Lipinski definition) is 6. The minimum absolute atomic E-state index is 0.250. The number of thioether (sulfide) groups is 1. The fourth-order valence-electron chi connectivity index (χ4n) is 2.91. The van der Waals surface area contributed by atoms with E-state index in [0.717, 1.165) is 11.1 Å². The van der Waals surface area contributed by atoms with E-state index in [1.807, 2.05) is 55.4 Å². The molecule has 2 heterocycles. The summed E-state index contributed by atoms with van der Waals surface area (Å²) in [5.74, 6) is -0.250. The van der Waals surface area contributed by atoms with Crippen LogP contribution in [0.2, 0.25) is 0 Å². The van der Waals surface area contributed by atoms with Gasteiger partial charge in [-0.3, -0.25) is 9.69 Å². The van der Waals surface area contributed by atoms with Crippen molar-refractivity contribution in [2.45, 2.75) is 0 Å². The van der Waals surface area contributed by atoms with Crippen LogP contribution < -0.4 is 15.4 Å². The van der Waals surface area contributed by atoms with Gasteiger partial charge in [0.05, 0.1) is 16.2 Å². The van der Waals surface area contributed by atoms with Crippen LogP contribution >= 0.6 is 24.0 Å². The van der Waals surface area contributed by atoms with Crippen LogP contribution in [0.4, 0.5) is 11.4 Å². The van der Waals surface area contributed by atoms with E-state index in [2.05, 4.69) is 0 Å². The number of thiocarbonyl (C=S) groups is 1. The molecule has 3 aromatic rings. The zero-order chi connectivity index (χ0) is 19.8. The van der Waals surface area contributed by atoms with E-state index >= 15 is 0 Å². The predicted molar refractivity (Wildman–Crippen MR) is 119 cm³/mol. The van der Waals surface area contributed by atoms with Crippen LogP contribution in [0, 0.1) is 0 Å². The lowest BCUT2D eigenvalue weighted by Crippen LogP contribution is -2.27. The van der Waals surface area contributed by atoms with Crippen LogP contribution in [-0.4, -0.2) is 24.3 Å². The van der Waals surface area contributed by atoms with Crippen LogP contribution in [0.3, 0.4) is 0 Å². The molecule has 0 unspecified atom stereocenters. The summed E-state index contributed by atoms with van der Waals surface area (Å²) in [6.45, 7) is 0. The molecular weight excluding hydrogens is 392 g/mol. The Bertz CT molecular complexity index is 1180. The molecule has 140 valence electrons. The number of rotatable bonds is 3. The quantitative estimate of drug-likeness (QED) is 0.367. The van der Waals surface area contributed by atoms with E-state index in [0.29, 0.717) is 26.1 Å². The van der Waals surface area contributed by atoms with Gasteiger partial charge in [-0.2, -0.15) is 0 Å². The van der Waals surface area contributed by atoms with Crippen molar-refractivity contribution in [2.24, 2.45) is 0 Å². The first kappa shape index (κ1) is 18.5. The number of para-hydroxylation sites is 1. The van der Waals surface area contributed by atoms with Crippen LogP contribution in [-0.2, 0) is 4.79 Å². The monoisotopic (exact) mass is 408 g/mol. The van der Waals surface area contributed by atoms with Gasteiger partial charge in [0.15, 0.2) is 4.32 Å². The van der Waals surface area contributed by atoms with Crippen molar-refractivity contribution in [1.82, 2.24) is 0 Å². The molecule has 5 nitrogen and oxygen atoms in total. The Kier molecular flexibility index (Phi) is 4.78. The van der Waals surface area contributed by atoms with E-state index in [4.69, 9.17) is 16.6 Å². The number of fused-ring (bicyclic) bond motifs is 1. The predicted octanol–water partition coefficient (Wildman–Crippen LogP) is 4.26. The number of carbonyl (C=O) groups is 1. The van der Waals surface area contributed by atoms with E-state index in [-0.39, 0.29) is 5.91 Å². The topological polar surface area (TPSA) is 53.8 Å². The highest BCUT2D eigenvalue weighted by molar-refractivity contribution is 8.27. The molecule has 0 radical (unpaired) electrons. The summed E-state index contributed by atoms with van der Waals surface area (Å²) in [4.78, 5) is 29.1. The molecule has 2 aromatic carbocycles. The lowest BCUT2D eigenvalue weighted by Gasteiger charge is -2.17. The van der Waals surface area contributed by atoms with Crippen LogP contribution in [0.5, 0.6) is 0 Å². The van der Waals surface area contributed by atoms with Gasteiger partial charge in [-0.1, -0.05) is 42.2 Å². The Morgan fingerprint density at radius 2 is 1.79 bits per heavy atom. The number of nitrogens with zero attached hydrogens (tertiary/aromatic N) is 2. The molecule has 4 rings (SSSR count). The summed E-state index contributed by atoms with van der Waals surface area (Å²) < 4.78 is 5.77. The summed E-state index contributed by atoms with van der Waals surface area (Å²) in [5.41, 5.74) is 2.07. The first-order chi connectivity index (χ1) is 13.4. The number of hydrogen-bond donors (Lipinski definition) is 0. The molecule has 0 spiro atoms. The Morgan fingerprint density at radius 1 is 1.07 bits per heavy atom. The molecule has 1 aliphatic rings. The Hall–Kier alpha value is -2.90. The minimum Gasteiger partial charge on any atom is -0.422 e. The molecule has 1 aliphatic heterocycles. The van der Waals surface area contributed by atoms with Crippen LogP contribution in [0.15, 0.2) is 68.7 Å². The van der Waals surface area contributed by atoms with Crippen molar-refractivity contribution in [2.75, 3.05) is 23.9 Å². The van der Waals surface area contributed by atoms with Crippen LogP contribution in [0.1, 0.15) is 5.56 Å². The number of amides is 1. The zero-order valence-electron chi connectivity index (χ0n) is 15.2. The standard InChI is InChI=1S/C21H16N2O3S2/c1-22(2)15-7-9-16(10-8-15)23-19(24)18(28-21(23)27)12-14-11-13-5-3-4-6-17(13)26-20(14)25/h3-12H,1-2H3/b18-12+. The maximum absolute atomic E-state index is 12.9. The lowest BCUT2D eigenvalue weighted by atomic mass is 10.1. The van der Waals surface area contributed by atoms with Gasteiger partial charge in [-0.15, -0.1) is 0 Å². The molecule has 1 fully saturated rings. The van der Waals surface area contributed by atoms with Gasteiger partial charge < -0.3 is 9.32 Å². The maximum Gasteiger partial charge on any atom is 0.343 e. The molecule has 1 aromatic heterocycles. The summed E-state index contributed by atoms with van der Waals surface area (Å²) in [5, 5.41) is 0.795. The largest absolute Gasteiger partial charge is 0.422 e. The molecule has 0 N–H and O–H groups in total. The Balaban J connectivity index is 1.69. The molecule has 0 atom stereocenters. The molecular formula is C21H16N2O3S2. The highest BCUT2D eigenvalue weighted by Crippen LogP contribution is 2.36. The molecule has 1 saturated heterocycles. The minimum atomic E-state index is -0.487. The molecule has 1 amide bonds. The van der Waals surface area contributed by atoms with E-state index in [1.165, 1.54) is 16.7 Å². The number of benzene rings is 2. The first-order valence-electron chi connectivity index (χ1n) is 8.52. The van der Waals surface area contributed by atoms with Crippen molar-refractivity contribution in [3.05, 3.63) is 75.5 Å². The fraction of sp³-hybridized carbons (Fsp3) is 0.0952. The SMILES string of the molecule is CN(C)c1ccc(N2C(=O)/C(=C\c3cc4ccccc4oc3=O)SC2=S)cc1. The van der Waals surface area contributed by atoms with E-state index in [9.17, 15) is 9.59 Å². The number of anilines is 2. The normalized spacial score (nSPS) is 15.6. The third-order valence-electron chi connectivity index (χ3n) is 4.37. The summed E-state index contributed by atoms with van der Waals surface area (Å²) >= 11 is 6.58. The maximum atomic E-state index is 12.9. The molecule has 7 heteroatoms. The second-order valence-corrected chi connectivity index (χ2v) is 8.13. The highest BCUT2D eigenvalue weighted by Gasteiger charge is 2.33. The van der Waals surface area contributed by atoms with E-state index < -0.39 is 5.63 Å². The smallest absolute Gasteiger partial charge is 0.343 e. The van der Waals surface area contributed by atoms with Crippen LogP contribution in [0.25, 0.3) is 17.0 Å². The highest BCUT2D eigenvalue weighted by atomic mass is 32.2.